The lowest BCUT2D eigenvalue weighted by Crippen LogP contribution is -2.43. The summed E-state index contributed by atoms with van der Waals surface area (Å²) in [7, 11) is 0. The van der Waals surface area contributed by atoms with Gasteiger partial charge in [-0.3, -0.25) is 9.59 Å². The minimum absolute atomic E-state index is 0.115. The first-order chi connectivity index (χ1) is 13.4. The van der Waals surface area contributed by atoms with Gasteiger partial charge in [0, 0.05) is 24.3 Å². The summed E-state index contributed by atoms with van der Waals surface area (Å²) in [5, 5.41) is 0. The Hall–Kier alpha value is -2.63. The second-order valence-corrected chi connectivity index (χ2v) is 7.34. The monoisotopic (exact) mass is 386 g/mol. The van der Waals surface area contributed by atoms with Crippen LogP contribution in [0.5, 0.6) is 0 Å². The van der Waals surface area contributed by atoms with Crippen molar-refractivity contribution in [2.75, 3.05) is 19.7 Å². The van der Waals surface area contributed by atoms with Gasteiger partial charge in [-0.15, -0.1) is 0 Å². The van der Waals surface area contributed by atoms with Crippen molar-refractivity contribution in [3.63, 3.8) is 0 Å². The molecule has 1 fully saturated rings. The number of esters is 1. The van der Waals surface area contributed by atoms with Crippen LogP contribution in [0.1, 0.15) is 47.1 Å². The molecule has 2 heterocycles. The molecular weight excluding hydrogens is 359 g/mol. The smallest absolute Gasteiger partial charge is 0.310 e. The fourth-order valence-electron chi connectivity index (χ4n) is 3.90. The van der Waals surface area contributed by atoms with Gasteiger partial charge in [0.1, 0.15) is 11.5 Å². The van der Waals surface area contributed by atoms with E-state index in [9.17, 15) is 14.0 Å². The summed E-state index contributed by atoms with van der Waals surface area (Å²) < 4.78 is 21.2. The first kappa shape index (κ1) is 20.1. The molecule has 0 unspecified atom stereocenters. The van der Waals surface area contributed by atoms with E-state index >= 15 is 0 Å². The van der Waals surface area contributed by atoms with E-state index in [-0.39, 0.29) is 23.6 Å². The fourth-order valence-corrected chi connectivity index (χ4v) is 3.90. The molecule has 0 spiro atoms. The Morgan fingerprint density at radius 1 is 1.25 bits per heavy atom. The van der Waals surface area contributed by atoms with E-state index < -0.39 is 0 Å². The van der Waals surface area contributed by atoms with Gasteiger partial charge in [0.05, 0.1) is 19.1 Å². The maximum absolute atomic E-state index is 14.2. The number of halogens is 1. The Bertz CT molecular complexity index is 875. The molecule has 0 radical (unpaired) electrons. The molecule has 28 heavy (non-hydrogen) atoms. The highest BCUT2D eigenvalue weighted by Gasteiger charge is 2.31. The van der Waals surface area contributed by atoms with Gasteiger partial charge in [-0.2, -0.15) is 0 Å². The third-order valence-electron chi connectivity index (χ3n) is 5.31. The molecule has 0 saturated carbocycles. The van der Waals surface area contributed by atoms with Crippen molar-refractivity contribution in [3.05, 3.63) is 58.7 Å². The number of amides is 1. The molecule has 3 rings (SSSR count). The van der Waals surface area contributed by atoms with E-state index in [1.54, 1.807) is 30.0 Å². The van der Waals surface area contributed by atoms with Crippen molar-refractivity contribution < 1.29 is 18.7 Å². The van der Waals surface area contributed by atoms with Crippen molar-refractivity contribution in [2.45, 2.75) is 40.2 Å². The molecule has 150 valence electrons. The standard InChI is InChI=1S/C22H27FN2O3/c1-4-28-22(27)18-9-7-11-24(13-18)21(26)20-15(2)12-16(3)25(20)14-17-8-5-6-10-19(17)23/h5-6,8,10,12,18H,4,7,9,11,13-14H2,1-3H3/t18-/m1/s1. The van der Waals surface area contributed by atoms with Gasteiger partial charge in [-0.05, 0) is 51.3 Å². The molecule has 1 saturated heterocycles. The second kappa shape index (κ2) is 8.59. The molecule has 0 aliphatic carbocycles. The minimum Gasteiger partial charge on any atom is -0.466 e. The Morgan fingerprint density at radius 3 is 2.71 bits per heavy atom. The van der Waals surface area contributed by atoms with Crippen molar-refractivity contribution in [2.24, 2.45) is 5.92 Å². The van der Waals surface area contributed by atoms with Crippen molar-refractivity contribution in [1.29, 1.82) is 0 Å². The van der Waals surface area contributed by atoms with Crippen LogP contribution in [0.3, 0.4) is 0 Å². The molecule has 1 aromatic heterocycles. The average molecular weight is 386 g/mol. The number of hydrogen-bond acceptors (Lipinski definition) is 3. The van der Waals surface area contributed by atoms with Gasteiger partial charge in [-0.1, -0.05) is 18.2 Å². The van der Waals surface area contributed by atoms with Crippen molar-refractivity contribution in [1.82, 2.24) is 9.47 Å². The van der Waals surface area contributed by atoms with Crippen LogP contribution in [-0.4, -0.2) is 41.0 Å². The zero-order valence-electron chi connectivity index (χ0n) is 16.7. The molecule has 1 aromatic carbocycles. The Kier molecular flexibility index (Phi) is 6.17. The number of benzene rings is 1. The number of nitrogens with zero attached hydrogens (tertiary/aromatic N) is 2. The lowest BCUT2D eigenvalue weighted by atomic mass is 9.97. The number of likely N-dealkylation sites (tertiary alicyclic amines) is 1. The SMILES string of the molecule is CCOC(=O)[C@@H]1CCCN(C(=O)c2c(C)cc(C)n2Cc2ccccc2F)C1. The topological polar surface area (TPSA) is 51.5 Å². The summed E-state index contributed by atoms with van der Waals surface area (Å²) in [6.45, 7) is 7.20. The third-order valence-corrected chi connectivity index (χ3v) is 5.31. The van der Waals surface area contributed by atoms with Crippen molar-refractivity contribution >= 4 is 11.9 Å². The molecular formula is C22H27FN2O3. The summed E-state index contributed by atoms with van der Waals surface area (Å²) in [4.78, 5) is 27.2. The summed E-state index contributed by atoms with van der Waals surface area (Å²) in [6, 6.07) is 8.55. The van der Waals surface area contributed by atoms with E-state index in [0.717, 1.165) is 24.1 Å². The lowest BCUT2D eigenvalue weighted by Gasteiger charge is -2.32. The highest BCUT2D eigenvalue weighted by atomic mass is 19.1. The number of carbonyl (C=O) groups excluding carboxylic acids is 2. The molecule has 5 nitrogen and oxygen atoms in total. The summed E-state index contributed by atoms with van der Waals surface area (Å²) in [5.41, 5.74) is 2.86. The highest BCUT2D eigenvalue weighted by Crippen LogP contribution is 2.24. The average Bonchev–Trinajstić information content (AvgIpc) is 2.96. The number of aryl methyl sites for hydroxylation is 2. The third kappa shape index (κ3) is 4.11. The van der Waals surface area contributed by atoms with E-state index in [1.165, 1.54) is 6.07 Å². The number of ether oxygens (including phenoxy) is 1. The molecule has 1 aliphatic heterocycles. The number of hydrogen-bond donors (Lipinski definition) is 0. The zero-order valence-corrected chi connectivity index (χ0v) is 16.7. The van der Waals surface area contributed by atoms with Crippen LogP contribution >= 0.6 is 0 Å². The second-order valence-electron chi connectivity index (χ2n) is 7.34. The predicted octanol–water partition coefficient (Wildman–Crippen LogP) is 3.71. The van der Waals surface area contributed by atoms with E-state index in [2.05, 4.69) is 0 Å². The van der Waals surface area contributed by atoms with E-state index in [0.29, 0.717) is 37.5 Å². The van der Waals surface area contributed by atoms with E-state index in [1.807, 2.05) is 24.5 Å². The quantitative estimate of drug-likeness (QED) is 0.736. The zero-order chi connectivity index (χ0) is 20.3. The molecule has 0 N–H and O–H groups in total. The van der Waals surface area contributed by atoms with Gasteiger partial charge < -0.3 is 14.2 Å². The van der Waals surface area contributed by atoms with Gasteiger partial charge in [0.2, 0.25) is 0 Å². The number of rotatable bonds is 5. The maximum Gasteiger partial charge on any atom is 0.310 e. The molecule has 1 aliphatic rings. The normalized spacial score (nSPS) is 16.9. The molecule has 6 heteroatoms. The minimum atomic E-state index is -0.285. The first-order valence-corrected chi connectivity index (χ1v) is 9.78. The first-order valence-electron chi connectivity index (χ1n) is 9.78. The Labute approximate surface area is 165 Å². The predicted molar refractivity (Wildman–Crippen MR) is 105 cm³/mol. The molecule has 1 atom stereocenters. The lowest BCUT2D eigenvalue weighted by molar-refractivity contribution is -0.149. The number of piperidine rings is 1. The van der Waals surface area contributed by atoms with E-state index in [4.69, 9.17) is 4.74 Å². The van der Waals surface area contributed by atoms with Crippen LogP contribution in [0.4, 0.5) is 4.39 Å². The van der Waals surface area contributed by atoms with Crippen LogP contribution in [-0.2, 0) is 16.1 Å². The fraction of sp³-hybridized carbons (Fsp3) is 0.455. The Morgan fingerprint density at radius 2 is 2.00 bits per heavy atom. The molecule has 2 aromatic rings. The van der Waals surface area contributed by atoms with Crippen LogP contribution in [0.25, 0.3) is 0 Å². The molecule has 0 bridgehead atoms. The van der Waals surface area contributed by atoms with Gasteiger partial charge in [0.25, 0.3) is 5.91 Å². The number of aromatic nitrogens is 1. The summed E-state index contributed by atoms with van der Waals surface area (Å²) in [5.74, 6) is -0.924. The summed E-state index contributed by atoms with van der Waals surface area (Å²) >= 11 is 0. The van der Waals surface area contributed by atoms with Crippen LogP contribution < -0.4 is 0 Å². The Balaban J connectivity index is 1.86. The molecule has 1 amide bonds. The van der Waals surface area contributed by atoms with Crippen LogP contribution in [0.15, 0.2) is 30.3 Å². The highest BCUT2D eigenvalue weighted by molar-refractivity contribution is 5.95. The van der Waals surface area contributed by atoms with Gasteiger partial charge in [-0.25, -0.2) is 4.39 Å². The largest absolute Gasteiger partial charge is 0.466 e. The van der Waals surface area contributed by atoms with Crippen molar-refractivity contribution in [3.8, 4) is 0 Å². The number of carbonyl (C=O) groups is 2. The maximum atomic E-state index is 14.2. The van der Waals surface area contributed by atoms with Crippen LogP contribution in [0.2, 0.25) is 0 Å². The van der Waals surface area contributed by atoms with Gasteiger partial charge >= 0.3 is 5.97 Å². The van der Waals surface area contributed by atoms with Crippen LogP contribution in [0, 0.1) is 25.6 Å². The summed E-state index contributed by atoms with van der Waals surface area (Å²) in [6.07, 6.45) is 1.50. The van der Waals surface area contributed by atoms with Gasteiger partial charge in [0.15, 0.2) is 0 Å².